The third kappa shape index (κ3) is 4.16. The minimum atomic E-state index is 0.280. The molecule has 1 fully saturated rings. The van der Waals surface area contributed by atoms with Gasteiger partial charge in [0.25, 0.3) is 0 Å². The molecular formula is C16H24N2O. The van der Waals surface area contributed by atoms with Crippen molar-refractivity contribution in [2.75, 3.05) is 19.6 Å². The summed E-state index contributed by atoms with van der Waals surface area (Å²) in [7, 11) is 0. The average Bonchev–Trinajstić information content (AvgIpc) is 2.39. The molecular weight excluding hydrogens is 236 g/mol. The molecule has 1 aliphatic rings. The molecule has 3 heteroatoms. The first-order valence-corrected chi connectivity index (χ1v) is 7.02. The van der Waals surface area contributed by atoms with E-state index < -0.39 is 0 Å². The normalized spacial score (nSPS) is 26.7. The number of rotatable bonds is 4. The molecule has 0 bridgehead atoms. The fourth-order valence-corrected chi connectivity index (χ4v) is 2.62. The predicted octanol–water partition coefficient (Wildman–Crippen LogP) is 2.14. The minimum absolute atomic E-state index is 0.280. The molecule has 0 spiro atoms. The van der Waals surface area contributed by atoms with E-state index in [1.54, 1.807) is 0 Å². The zero-order chi connectivity index (χ0) is 13.7. The van der Waals surface area contributed by atoms with Crippen LogP contribution in [0.4, 0.5) is 0 Å². The second-order valence-electron chi connectivity index (χ2n) is 5.28. The number of morpholine rings is 1. The van der Waals surface area contributed by atoms with E-state index >= 15 is 0 Å². The van der Waals surface area contributed by atoms with Crippen LogP contribution in [0, 0.1) is 0 Å². The van der Waals surface area contributed by atoms with Gasteiger partial charge in [0.05, 0.1) is 12.2 Å². The number of benzene rings is 1. The van der Waals surface area contributed by atoms with Gasteiger partial charge in [-0.3, -0.25) is 4.90 Å². The van der Waals surface area contributed by atoms with Gasteiger partial charge in [-0.15, -0.1) is 0 Å². The summed E-state index contributed by atoms with van der Waals surface area (Å²) in [5.41, 5.74) is 7.14. The number of ether oxygens (including phenoxy) is 1. The molecule has 3 unspecified atom stereocenters. The van der Waals surface area contributed by atoms with Crippen LogP contribution < -0.4 is 5.73 Å². The van der Waals surface area contributed by atoms with Gasteiger partial charge in [-0.2, -0.15) is 0 Å². The summed E-state index contributed by atoms with van der Waals surface area (Å²) in [6.07, 6.45) is 4.92. The zero-order valence-corrected chi connectivity index (χ0v) is 11.8. The van der Waals surface area contributed by atoms with Crippen LogP contribution >= 0.6 is 0 Å². The second-order valence-corrected chi connectivity index (χ2v) is 5.28. The van der Waals surface area contributed by atoms with Gasteiger partial charge in [0.1, 0.15) is 0 Å². The molecule has 2 N–H and O–H groups in total. The van der Waals surface area contributed by atoms with Crippen molar-refractivity contribution >= 4 is 6.08 Å². The van der Waals surface area contributed by atoms with Crippen LogP contribution in [0.25, 0.3) is 6.08 Å². The Labute approximate surface area is 116 Å². The first kappa shape index (κ1) is 14.3. The maximum atomic E-state index is 5.92. The second kappa shape index (κ2) is 6.85. The summed E-state index contributed by atoms with van der Waals surface area (Å²) in [5, 5.41) is 0. The highest BCUT2D eigenvalue weighted by molar-refractivity contribution is 5.49. The van der Waals surface area contributed by atoms with Crippen LogP contribution in [0.2, 0.25) is 0 Å². The lowest BCUT2D eigenvalue weighted by Crippen LogP contribution is -2.51. The van der Waals surface area contributed by atoms with Crippen LogP contribution in [0.1, 0.15) is 19.4 Å². The van der Waals surface area contributed by atoms with E-state index in [1.807, 2.05) is 6.07 Å². The average molecular weight is 260 g/mol. The Hall–Kier alpha value is -1.16. The third-order valence-corrected chi connectivity index (χ3v) is 3.47. The highest BCUT2D eigenvalue weighted by Gasteiger charge is 2.25. The molecule has 0 radical (unpaired) electrons. The van der Waals surface area contributed by atoms with Gasteiger partial charge in [-0.25, -0.2) is 0 Å². The van der Waals surface area contributed by atoms with E-state index in [-0.39, 0.29) is 18.2 Å². The van der Waals surface area contributed by atoms with E-state index in [1.165, 1.54) is 5.56 Å². The molecule has 0 amide bonds. The van der Waals surface area contributed by atoms with Crippen molar-refractivity contribution in [3.8, 4) is 0 Å². The Kier molecular flexibility index (Phi) is 5.14. The third-order valence-electron chi connectivity index (χ3n) is 3.47. The Bertz CT molecular complexity index is 394. The highest BCUT2D eigenvalue weighted by atomic mass is 16.5. The van der Waals surface area contributed by atoms with E-state index in [9.17, 15) is 0 Å². The van der Waals surface area contributed by atoms with Gasteiger partial charge in [-0.1, -0.05) is 42.5 Å². The van der Waals surface area contributed by atoms with Crippen molar-refractivity contribution in [2.45, 2.75) is 32.1 Å². The maximum Gasteiger partial charge on any atom is 0.0678 e. The fraction of sp³-hybridized carbons (Fsp3) is 0.500. The molecule has 104 valence electrons. The largest absolute Gasteiger partial charge is 0.373 e. The summed E-state index contributed by atoms with van der Waals surface area (Å²) >= 11 is 0. The lowest BCUT2D eigenvalue weighted by atomic mass is 10.1. The molecule has 0 aromatic heterocycles. The van der Waals surface area contributed by atoms with Crippen LogP contribution in [0.15, 0.2) is 36.4 Å². The quantitative estimate of drug-likeness (QED) is 0.901. The van der Waals surface area contributed by atoms with Crippen molar-refractivity contribution in [3.63, 3.8) is 0 Å². The van der Waals surface area contributed by atoms with Crippen molar-refractivity contribution in [1.29, 1.82) is 0 Å². The Morgan fingerprint density at radius 3 is 2.47 bits per heavy atom. The molecule has 1 aliphatic heterocycles. The van der Waals surface area contributed by atoms with Crippen molar-refractivity contribution in [1.82, 2.24) is 4.90 Å². The molecule has 3 atom stereocenters. The molecule has 1 aromatic carbocycles. The lowest BCUT2D eigenvalue weighted by molar-refractivity contribution is -0.0743. The van der Waals surface area contributed by atoms with Crippen LogP contribution in [-0.4, -0.2) is 42.8 Å². The monoisotopic (exact) mass is 260 g/mol. The van der Waals surface area contributed by atoms with E-state index in [0.29, 0.717) is 6.54 Å². The molecule has 2 rings (SSSR count). The van der Waals surface area contributed by atoms with Gasteiger partial charge in [0.2, 0.25) is 0 Å². The molecule has 3 nitrogen and oxygen atoms in total. The van der Waals surface area contributed by atoms with Crippen molar-refractivity contribution in [2.24, 2.45) is 5.73 Å². The van der Waals surface area contributed by atoms with Crippen molar-refractivity contribution in [3.05, 3.63) is 42.0 Å². The molecule has 1 heterocycles. The molecule has 1 saturated heterocycles. The van der Waals surface area contributed by atoms with Crippen molar-refractivity contribution < 1.29 is 4.74 Å². The maximum absolute atomic E-state index is 5.92. The fourth-order valence-electron chi connectivity index (χ4n) is 2.62. The predicted molar refractivity (Wildman–Crippen MR) is 79.9 cm³/mol. The molecule has 0 saturated carbocycles. The van der Waals surface area contributed by atoms with Gasteiger partial charge in [0.15, 0.2) is 0 Å². The van der Waals surface area contributed by atoms with Gasteiger partial charge < -0.3 is 10.5 Å². The van der Waals surface area contributed by atoms with E-state index in [4.69, 9.17) is 10.5 Å². The van der Waals surface area contributed by atoms with Crippen LogP contribution in [-0.2, 0) is 4.74 Å². The zero-order valence-electron chi connectivity index (χ0n) is 11.8. The van der Waals surface area contributed by atoms with E-state index in [2.05, 4.69) is 55.2 Å². The topological polar surface area (TPSA) is 38.5 Å². The first-order valence-electron chi connectivity index (χ1n) is 7.02. The van der Waals surface area contributed by atoms with Crippen LogP contribution in [0.3, 0.4) is 0 Å². The van der Waals surface area contributed by atoms with Gasteiger partial charge in [-0.05, 0) is 19.4 Å². The van der Waals surface area contributed by atoms with Gasteiger partial charge in [0, 0.05) is 25.7 Å². The summed E-state index contributed by atoms with van der Waals surface area (Å²) < 4.78 is 5.77. The number of hydrogen-bond donors (Lipinski definition) is 1. The number of hydrogen-bond acceptors (Lipinski definition) is 3. The summed E-state index contributed by atoms with van der Waals surface area (Å²) in [4.78, 5) is 2.41. The Morgan fingerprint density at radius 2 is 1.89 bits per heavy atom. The number of nitrogens with zero attached hydrogens (tertiary/aromatic N) is 1. The molecule has 19 heavy (non-hydrogen) atoms. The summed E-state index contributed by atoms with van der Waals surface area (Å²) in [6, 6.07) is 10.6. The number of nitrogens with two attached hydrogens (primary N) is 1. The highest BCUT2D eigenvalue weighted by Crippen LogP contribution is 2.15. The smallest absolute Gasteiger partial charge is 0.0678 e. The lowest BCUT2D eigenvalue weighted by Gasteiger charge is -2.38. The SMILES string of the molecule is CC1CN(C(/C=C\c2ccccc2)CN)CC(C)O1. The van der Waals surface area contributed by atoms with Gasteiger partial charge >= 0.3 is 0 Å². The summed E-state index contributed by atoms with van der Waals surface area (Å²) in [6.45, 7) is 6.79. The Balaban J connectivity index is 2.01. The van der Waals surface area contributed by atoms with Crippen LogP contribution in [0.5, 0.6) is 0 Å². The minimum Gasteiger partial charge on any atom is -0.373 e. The van der Waals surface area contributed by atoms with E-state index in [0.717, 1.165) is 13.1 Å². The standard InChI is InChI=1S/C16H24N2O/c1-13-11-18(12-14(2)19-13)16(10-17)9-8-15-6-4-3-5-7-15/h3-9,13-14,16H,10-12,17H2,1-2H3/b9-8-. The Morgan fingerprint density at radius 1 is 1.26 bits per heavy atom. The molecule has 0 aliphatic carbocycles. The summed E-state index contributed by atoms with van der Waals surface area (Å²) in [5.74, 6) is 0. The molecule has 1 aromatic rings. The first-order chi connectivity index (χ1) is 9.19.